The molecule has 4 N–H and O–H groups in total. The third-order valence-electron chi connectivity index (χ3n) is 5.61. The van der Waals surface area contributed by atoms with E-state index in [0.717, 1.165) is 30.0 Å². The van der Waals surface area contributed by atoms with Gasteiger partial charge in [0.2, 0.25) is 0 Å². The maximum Gasteiger partial charge on any atom is 0.147 e. The van der Waals surface area contributed by atoms with Gasteiger partial charge in [-0.15, -0.1) is 5.10 Å². The Morgan fingerprint density at radius 3 is 2.52 bits per heavy atom. The van der Waals surface area contributed by atoms with Crippen LogP contribution >= 0.6 is 0 Å². The summed E-state index contributed by atoms with van der Waals surface area (Å²) in [4.78, 5) is 4.58. The SMILES string of the molecule is CCCCCCCCNc1ccc2c(C)nc(C[C@@H]3O[C@H](CO)[C@@H](O)[C@H]3O)n2n1. The minimum Gasteiger partial charge on any atom is -0.394 e. The third-order valence-corrected chi connectivity index (χ3v) is 5.61. The van der Waals surface area contributed by atoms with E-state index in [0.29, 0.717) is 12.2 Å². The van der Waals surface area contributed by atoms with E-state index in [1.165, 1.54) is 32.1 Å². The van der Waals surface area contributed by atoms with Gasteiger partial charge >= 0.3 is 0 Å². The molecule has 2 aromatic rings. The van der Waals surface area contributed by atoms with Crippen molar-refractivity contribution in [2.24, 2.45) is 0 Å². The van der Waals surface area contributed by atoms with E-state index in [4.69, 9.17) is 4.74 Å². The van der Waals surface area contributed by atoms with Gasteiger partial charge in [-0.2, -0.15) is 0 Å². The van der Waals surface area contributed by atoms with Crippen molar-refractivity contribution in [2.45, 2.75) is 83.2 Å². The van der Waals surface area contributed by atoms with Gasteiger partial charge in [-0.05, 0) is 25.5 Å². The summed E-state index contributed by atoms with van der Waals surface area (Å²) in [5.74, 6) is 1.45. The molecule has 1 fully saturated rings. The Morgan fingerprint density at radius 2 is 1.79 bits per heavy atom. The molecule has 0 aromatic carbocycles. The van der Waals surface area contributed by atoms with Gasteiger partial charge in [0.15, 0.2) is 0 Å². The number of anilines is 1. The van der Waals surface area contributed by atoms with E-state index in [9.17, 15) is 15.3 Å². The number of aliphatic hydroxyl groups is 3. The maximum atomic E-state index is 10.2. The van der Waals surface area contributed by atoms with Gasteiger partial charge < -0.3 is 25.4 Å². The van der Waals surface area contributed by atoms with Gasteiger partial charge in [-0.1, -0.05) is 39.0 Å². The highest BCUT2D eigenvalue weighted by atomic mass is 16.6. The number of hydrogen-bond donors (Lipinski definition) is 4. The molecule has 0 radical (unpaired) electrons. The lowest BCUT2D eigenvalue weighted by atomic mass is 10.1. The first-order valence-corrected chi connectivity index (χ1v) is 10.8. The number of aliphatic hydroxyl groups excluding tert-OH is 3. The van der Waals surface area contributed by atoms with Crippen LogP contribution in [0.5, 0.6) is 0 Å². The van der Waals surface area contributed by atoms with Gasteiger partial charge in [0.25, 0.3) is 0 Å². The summed E-state index contributed by atoms with van der Waals surface area (Å²) in [6.45, 7) is 4.69. The van der Waals surface area contributed by atoms with E-state index in [2.05, 4.69) is 22.3 Å². The highest BCUT2D eigenvalue weighted by Crippen LogP contribution is 2.25. The molecule has 4 atom stereocenters. The fraction of sp³-hybridized carbons (Fsp3) is 0.714. The number of rotatable bonds is 11. The Bertz CT molecular complexity index is 781. The first-order chi connectivity index (χ1) is 14.0. The molecule has 3 heterocycles. The van der Waals surface area contributed by atoms with Gasteiger partial charge in [0.1, 0.15) is 30.0 Å². The average molecular weight is 407 g/mol. The maximum absolute atomic E-state index is 10.2. The lowest BCUT2D eigenvalue weighted by molar-refractivity contribution is -0.0221. The second-order valence-electron chi connectivity index (χ2n) is 7.90. The minimum absolute atomic E-state index is 0.303. The lowest BCUT2D eigenvalue weighted by Gasteiger charge is -2.13. The molecule has 0 unspecified atom stereocenters. The molecule has 0 spiro atoms. The molecule has 0 saturated carbocycles. The first kappa shape index (κ1) is 22.0. The van der Waals surface area contributed by atoms with Crippen LogP contribution in [0.3, 0.4) is 0 Å². The number of hydrogen-bond acceptors (Lipinski definition) is 7. The van der Waals surface area contributed by atoms with Crippen molar-refractivity contribution < 1.29 is 20.1 Å². The van der Waals surface area contributed by atoms with Crippen molar-refractivity contribution in [3.8, 4) is 0 Å². The molecule has 1 saturated heterocycles. The largest absolute Gasteiger partial charge is 0.394 e. The van der Waals surface area contributed by atoms with E-state index in [1.807, 2.05) is 19.1 Å². The van der Waals surface area contributed by atoms with Crippen LogP contribution in [-0.4, -0.2) is 67.5 Å². The Kier molecular flexibility index (Phi) is 7.83. The smallest absolute Gasteiger partial charge is 0.147 e. The number of fused-ring (bicyclic) bond motifs is 1. The summed E-state index contributed by atoms with van der Waals surface area (Å²) in [5, 5.41) is 37.5. The molecule has 8 heteroatoms. The summed E-state index contributed by atoms with van der Waals surface area (Å²) in [7, 11) is 0. The van der Waals surface area contributed by atoms with Crippen LogP contribution in [0.1, 0.15) is 57.0 Å². The van der Waals surface area contributed by atoms with Crippen LogP contribution in [0.2, 0.25) is 0 Å². The summed E-state index contributed by atoms with van der Waals surface area (Å²) >= 11 is 0. The molecule has 29 heavy (non-hydrogen) atoms. The fourth-order valence-corrected chi connectivity index (χ4v) is 3.87. The highest BCUT2D eigenvalue weighted by Gasteiger charge is 2.42. The van der Waals surface area contributed by atoms with Crippen LogP contribution < -0.4 is 5.32 Å². The van der Waals surface area contributed by atoms with Crippen molar-refractivity contribution in [1.29, 1.82) is 0 Å². The molecule has 2 aromatic heterocycles. The van der Waals surface area contributed by atoms with Gasteiger partial charge in [-0.3, -0.25) is 0 Å². The molecule has 8 nitrogen and oxygen atoms in total. The number of nitrogens with zero attached hydrogens (tertiary/aromatic N) is 3. The number of unbranched alkanes of at least 4 members (excludes halogenated alkanes) is 5. The van der Waals surface area contributed by atoms with Gasteiger partial charge in [0, 0.05) is 13.0 Å². The van der Waals surface area contributed by atoms with E-state index in [1.54, 1.807) is 4.52 Å². The molecular weight excluding hydrogens is 372 g/mol. The summed E-state index contributed by atoms with van der Waals surface area (Å²) in [5.41, 5.74) is 1.75. The zero-order chi connectivity index (χ0) is 20.8. The Morgan fingerprint density at radius 1 is 1.07 bits per heavy atom. The second kappa shape index (κ2) is 10.3. The molecule has 1 aliphatic rings. The topological polar surface area (TPSA) is 112 Å². The normalized spacial score (nSPS) is 24.4. The first-order valence-electron chi connectivity index (χ1n) is 10.8. The molecular formula is C21H34N4O4. The minimum atomic E-state index is -1.10. The van der Waals surface area contributed by atoms with Crippen molar-refractivity contribution in [3.05, 3.63) is 23.7 Å². The van der Waals surface area contributed by atoms with Crippen molar-refractivity contribution in [3.63, 3.8) is 0 Å². The molecule has 162 valence electrons. The number of imidazole rings is 1. The van der Waals surface area contributed by atoms with E-state index < -0.39 is 24.4 Å². The van der Waals surface area contributed by atoms with Gasteiger partial charge in [-0.25, -0.2) is 9.50 Å². The van der Waals surface area contributed by atoms with Crippen molar-refractivity contribution in [1.82, 2.24) is 14.6 Å². The van der Waals surface area contributed by atoms with Crippen molar-refractivity contribution in [2.75, 3.05) is 18.5 Å². The fourth-order valence-electron chi connectivity index (χ4n) is 3.87. The molecule has 0 bridgehead atoms. The average Bonchev–Trinajstić information content (AvgIpc) is 3.18. The summed E-state index contributed by atoms with van der Waals surface area (Å²) in [6.07, 6.45) is 4.22. The Balaban J connectivity index is 1.62. The predicted molar refractivity (Wildman–Crippen MR) is 111 cm³/mol. The summed E-state index contributed by atoms with van der Waals surface area (Å²) < 4.78 is 7.37. The van der Waals surface area contributed by atoms with Crippen LogP contribution in [0.15, 0.2) is 12.1 Å². The van der Waals surface area contributed by atoms with Gasteiger partial charge in [0.05, 0.1) is 23.9 Å². The predicted octanol–water partition coefficient (Wildman–Crippen LogP) is 1.83. The van der Waals surface area contributed by atoms with Crippen LogP contribution in [0.4, 0.5) is 5.82 Å². The number of nitrogens with one attached hydrogen (secondary N) is 1. The Labute approximate surface area is 171 Å². The van der Waals surface area contributed by atoms with E-state index >= 15 is 0 Å². The monoisotopic (exact) mass is 406 g/mol. The third kappa shape index (κ3) is 5.25. The highest BCUT2D eigenvalue weighted by molar-refractivity contribution is 5.54. The van der Waals surface area contributed by atoms with Crippen molar-refractivity contribution >= 4 is 11.3 Å². The van der Waals surface area contributed by atoms with E-state index in [-0.39, 0.29) is 6.61 Å². The Hall–Kier alpha value is -1.74. The van der Waals surface area contributed by atoms with Crippen LogP contribution in [0.25, 0.3) is 5.52 Å². The number of aryl methyl sites for hydroxylation is 1. The number of aromatic nitrogens is 3. The summed E-state index contributed by atoms with van der Waals surface area (Å²) in [6, 6.07) is 3.94. The van der Waals surface area contributed by atoms with Crippen LogP contribution in [-0.2, 0) is 11.2 Å². The lowest BCUT2D eigenvalue weighted by Crippen LogP contribution is -2.34. The molecule has 3 rings (SSSR count). The zero-order valence-electron chi connectivity index (χ0n) is 17.4. The molecule has 0 aliphatic carbocycles. The number of ether oxygens (including phenoxy) is 1. The quantitative estimate of drug-likeness (QED) is 0.421. The molecule has 1 aliphatic heterocycles. The van der Waals surface area contributed by atoms with Crippen LogP contribution in [0, 0.1) is 6.92 Å². The standard InChI is InChI=1S/C21H34N4O4/c1-3-4-5-6-7-8-11-22-18-10-9-15-14(2)23-19(25(15)24-18)12-16-20(27)21(28)17(13-26)29-16/h9-10,16-17,20-21,26-28H,3-8,11-13H2,1-2H3,(H,22,24)/t16-,17+,20-,21+/m0/s1. The zero-order valence-corrected chi connectivity index (χ0v) is 17.4. The second-order valence-corrected chi connectivity index (χ2v) is 7.90. The molecule has 0 amide bonds.